The fraction of sp³-hybridized carbons (Fsp3) is 1.00. The average molecular weight is 194 g/mol. The summed E-state index contributed by atoms with van der Waals surface area (Å²) in [6.45, 7) is 1.96. The molecule has 0 saturated carbocycles. The van der Waals surface area contributed by atoms with Gasteiger partial charge in [0, 0.05) is 0 Å². The molecule has 1 aliphatic heterocycles. The average Bonchev–Trinajstić information content (AvgIpc) is 2.03. The van der Waals surface area contributed by atoms with Crippen LogP contribution in [0.4, 0.5) is 0 Å². The second-order valence-corrected chi connectivity index (χ2v) is 3.94. The molecule has 1 unspecified atom stereocenters. The Bertz CT molecular complexity index is 113. The zero-order valence-corrected chi connectivity index (χ0v) is 8.24. The van der Waals surface area contributed by atoms with Gasteiger partial charge in [-0.25, -0.2) is 0 Å². The number of thiol groups is 2. The number of hydrogen-bond acceptors (Lipinski definition) is 4. The highest BCUT2D eigenvalue weighted by molar-refractivity contribution is 7.81. The highest BCUT2D eigenvalue weighted by Gasteiger charge is 2.28. The van der Waals surface area contributed by atoms with Crippen LogP contribution in [-0.4, -0.2) is 30.5 Å². The predicted octanol–water partition coefficient (Wildman–Crippen LogP) is 1.37. The molecule has 0 amide bonds. The van der Waals surface area contributed by atoms with Crippen molar-refractivity contribution in [2.45, 2.75) is 17.8 Å². The summed E-state index contributed by atoms with van der Waals surface area (Å²) in [5, 5.41) is 0. The first-order valence-electron chi connectivity index (χ1n) is 3.82. The Hall–Kier alpha value is 0.620. The fourth-order valence-corrected chi connectivity index (χ4v) is 1.56. The van der Waals surface area contributed by atoms with Crippen molar-refractivity contribution in [3.8, 4) is 0 Å². The van der Waals surface area contributed by atoms with Crippen LogP contribution in [0, 0.1) is 0 Å². The molecule has 0 aliphatic carbocycles. The van der Waals surface area contributed by atoms with Gasteiger partial charge >= 0.3 is 0 Å². The van der Waals surface area contributed by atoms with Crippen LogP contribution in [0.5, 0.6) is 0 Å². The molecule has 1 aliphatic rings. The van der Waals surface area contributed by atoms with Crippen molar-refractivity contribution in [2.75, 3.05) is 25.6 Å². The Kier molecular flexibility index (Phi) is 4.06. The van der Waals surface area contributed by atoms with Crippen molar-refractivity contribution in [3.63, 3.8) is 0 Å². The molecular weight excluding hydrogens is 180 g/mol. The van der Waals surface area contributed by atoms with Gasteiger partial charge in [-0.1, -0.05) is 0 Å². The van der Waals surface area contributed by atoms with E-state index < -0.39 is 0 Å². The van der Waals surface area contributed by atoms with Gasteiger partial charge in [0.15, 0.2) is 0 Å². The van der Waals surface area contributed by atoms with Gasteiger partial charge in [0.05, 0.1) is 19.8 Å². The van der Waals surface area contributed by atoms with Gasteiger partial charge in [0.25, 0.3) is 0 Å². The molecule has 11 heavy (non-hydrogen) atoms. The first-order chi connectivity index (χ1) is 5.27. The Balaban J connectivity index is 2.25. The van der Waals surface area contributed by atoms with Gasteiger partial charge in [-0.15, -0.1) is 12.6 Å². The van der Waals surface area contributed by atoms with E-state index in [0.717, 1.165) is 18.6 Å². The second-order valence-electron chi connectivity index (χ2n) is 2.67. The van der Waals surface area contributed by atoms with Gasteiger partial charge < -0.3 is 9.47 Å². The van der Waals surface area contributed by atoms with Gasteiger partial charge in [-0.2, -0.15) is 12.6 Å². The second kappa shape index (κ2) is 4.60. The predicted molar refractivity (Wildman–Crippen MR) is 51.6 cm³/mol. The third-order valence-corrected chi connectivity index (χ3v) is 2.45. The zero-order valence-electron chi connectivity index (χ0n) is 6.45. The maximum Gasteiger partial charge on any atom is 0.134 e. The number of hydrogen-bond donors (Lipinski definition) is 2. The van der Waals surface area contributed by atoms with E-state index in [4.69, 9.17) is 9.47 Å². The van der Waals surface area contributed by atoms with E-state index in [1.54, 1.807) is 0 Å². The summed E-state index contributed by atoms with van der Waals surface area (Å²) in [7, 11) is 0. The molecule has 1 rings (SSSR count). The Labute approximate surface area is 78.5 Å². The van der Waals surface area contributed by atoms with E-state index in [1.807, 2.05) is 0 Å². The molecule has 1 saturated heterocycles. The highest BCUT2D eigenvalue weighted by atomic mass is 32.1. The van der Waals surface area contributed by atoms with Crippen molar-refractivity contribution in [1.29, 1.82) is 0 Å². The lowest BCUT2D eigenvalue weighted by Gasteiger charge is -2.32. The Morgan fingerprint density at radius 2 is 2.18 bits per heavy atom. The minimum Gasteiger partial charge on any atom is -0.375 e. The van der Waals surface area contributed by atoms with Crippen LogP contribution in [-0.2, 0) is 9.47 Å². The van der Waals surface area contributed by atoms with Crippen LogP contribution in [0.3, 0.4) is 0 Å². The number of ether oxygens (including phenoxy) is 2. The van der Waals surface area contributed by atoms with E-state index in [-0.39, 0.29) is 4.93 Å². The van der Waals surface area contributed by atoms with Gasteiger partial charge in [-0.3, -0.25) is 0 Å². The molecule has 1 fully saturated rings. The molecule has 0 aromatic rings. The molecule has 0 N–H and O–H groups in total. The summed E-state index contributed by atoms with van der Waals surface area (Å²) in [5.74, 6) is 0.881. The molecule has 1 atom stereocenters. The minimum absolute atomic E-state index is 0.346. The lowest BCUT2D eigenvalue weighted by Crippen LogP contribution is -2.38. The molecular formula is C7H14O2S2. The van der Waals surface area contributed by atoms with E-state index in [2.05, 4.69) is 25.3 Å². The van der Waals surface area contributed by atoms with Crippen molar-refractivity contribution in [2.24, 2.45) is 0 Å². The monoisotopic (exact) mass is 194 g/mol. The SMILES string of the molecule is SCCCC1(S)COCCO1. The summed E-state index contributed by atoms with van der Waals surface area (Å²) in [5.41, 5.74) is 0. The van der Waals surface area contributed by atoms with Crippen molar-refractivity contribution >= 4 is 25.3 Å². The van der Waals surface area contributed by atoms with Crippen molar-refractivity contribution in [3.05, 3.63) is 0 Å². The maximum absolute atomic E-state index is 5.47. The first-order valence-corrected chi connectivity index (χ1v) is 4.90. The van der Waals surface area contributed by atoms with Crippen LogP contribution < -0.4 is 0 Å². The van der Waals surface area contributed by atoms with Crippen LogP contribution in [0.15, 0.2) is 0 Å². The molecule has 2 nitrogen and oxygen atoms in total. The Morgan fingerprint density at radius 3 is 2.73 bits per heavy atom. The molecule has 0 spiro atoms. The maximum atomic E-state index is 5.47. The summed E-state index contributed by atoms with van der Waals surface area (Å²) in [6, 6.07) is 0. The molecule has 4 heteroatoms. The molecule has 66 valence electrons. The standard InChI is InChI=1S/C7H14O2S2/c10-5-1-2-7(11)6-8-3-4-9-7/h10-11H,1-6H2. The van der Waals surface area contributed by atoms with E-state index >= 15 is 0 Å². The molecule has 0 aromatic heterocycles. The molecule has 0 radical (unpaired) electrons. The summed E-state index contributed by atoms with van der Waals surface area (Å²) < 4.78 is 10.7. The lowest BCUT2D eigenvalue weighted by molar-refractivity contribution is -0.109. The van der Waals surface area contributed by atoms with E-state index in [1.165, 1.54) is 0 Å². The van der Waals surface area contributed by atoms with Gasteiger partial charge in [0.2, 0.25) is 0 Å². The zero-order chi connectivity index (χ0) is 8.16. The lowest BCUT2D eigenvalue weighted by atomic mass is 10.2. The van der Waals surface area contributed by atoms with Crippen LogP contribution >= 0.6 is 25.3 Å². The third-order valence-electron chi connectivity index (χ3n) is 1.65. The Morgan fingerprint density at radius 1 is 1.36 bits per heavy atom. The highest BCUT2D eigenvalue weighted by Crippen LogP contribution is 2.25. The van der Waals surface area contributed by atoms with Crippen LogP contribution in [0.1, 0.15) is 12.8 Å². The molecule has 1 heterocycles. The minimum atomic E-state index is -0.346. The molecule has 0 bridgehead atoms. The fourth-order valence-electron chi connectivity index (χ4n) is 1.06. The largest absolute Gasteiger partial charge is 0.375 e. The van der Waals surface area contributed by atoms with Gasteiger partial charge in [0.1, 0.15) is 4.93 Å². The third kappa shape index (κ3) is 3.23. The van der Waals surface area contributed by atoms with E-state index in [0.29, 0.717) is 19.8 Å². The summed E-state index contributed by atoms with van der Waals surface area (Å²) in [4.78, 5) is -0.346. The normalized spacial score (nSPS) is 32.2. The molecule has 0 aromatic carbocycles. The van der Waals surface area contributed by atoms with Crippen molar-refractivity contribution < 1.29 is 9.47 Å². The quantitative estimate of drug-likeness (QED) is 0.661. The topological polar surface area (TPSA) is 18.5 Å². The van der Waals surface area contributed by atoms with Crippen LogP contribution in [0.2, 0.25) is 0 Å². The van der Waals surface area contributed by atoms with E-state index in [9.17, 15) is 0 Å². The van der Waals surface area contributed by atoms with Gasteiger partial charge in [-0.05, 0) is 18.6 Å². The van der Waals surface area contributed by atoms with Crippen LogP contribution in [0.25, 0.3) is 0 Å². The summed E-state index contributed by atoms with van der Waals surface area (Å²) in [6.07, 6.45) is 1.94. The summed E-state index contributed by atoms with van der Waals surface area (Å²) >= 11 is 8.53. The number of rotatable bonds is 3. The first kappa shape index (κ1) is 9.71. The van der Waals surface area contributed by atoms with Crippen molar-refractivity contribution in [1.82, 2.24) is 0 Å². The smallest absolute Gasteiger partial charge is 0.134 e.